The Bertz CT molecular complexity index is 771. The highest BCUT2D eigenvalue weighted by Gasteiger charge is 2.27. The molecule has 124 valence electrons. The fourth-order valence-electron chi connectivity index (χ4n) is 2.39. The molecule has 0 fully saturated rings. The first-order valence-corrected chi connectivity index (χ1v) is 7.20. The van der Waals surface area contributed by atoms with E-state index in [1.165, 1.54) is 0 Å². The van der Waals surface area contributed by atoms with E-state index in [1.807, 2.05) is 30.3 Å². The minimum Gasteiger partial charge on any atom is -0.491 e. The molecule has 1 aliphatic heterocycles. The highest BCUT2D eigenvalue weighted by atomic mass is 19.1. The van der Waals surface area contributed by atoms with Crippen LogP contribution in [-0.4, -0.2) is 18.7 Å². The summed E-state index contributed by atoms with van der Waals surface area (Å²) in [4.78, 5) is 17.4. The first kappa shape index (κ1) is 15.9. The molecule has 0 radical (unpaired) electrons. The number of hydrogen-bond acceptors (Lipinski definition) is 4. The van der Waals surface area contributed by atoms with Crippen molar-refractivity contribution in [2.75, 3.05) is 12.4 Å². The van der Waals surface area contributed by atoms with Gasteiger partial charge in [-0.05, 0) is 5.56 Å². The van der Waals surface area contributed by atoms with Gasteiger partial charge in [-0.25, -0.2) is 8.78 Å². The van der Waals surface area contributed by atoms with E-state index >= 15 is 0 Å². The van der Waals surface area contributed by atoms with Crippen LogP contribution in [0.2, 0.25) is 0 Å². The number of ether oxygens (including phenoxy) is 1. The van der Waals surface area contributed by atoms with Crippen molar-refractivity contribution in [1.29, 1.82) is 0 Å². The minimum absolute atomic E-state index is 0.0262. The standard InChI is InChI=1S/C17H14F2N2O3/c1-23-16-12(18)7-11(8-13(16)19)20-17(22)14-9-15(24-21-14)10-5-3-2-4-6-10/h2-8,15H,9H2,1H3,(H,20,22). The van der Waals surface area contributed by atoms with Gasteiger partial charge in [-0.15, -0.1) is 0 Å². The number of halogens is 2. The van der Waals surface area contributed by atoms with Crippen LogP contribution in [0, 0.1) is 11.6 Å². The summed E-state index contributed by atoms with van der Waals surface area (Å²) in [5.41, 5.74) is 1.02. The Balaban J connectivity index is 1.68. The molecule has 0 spiro atoms. The predicted molar refractivity (Wildman–Crippen MR) is 83.9 cm³/mol. The topological polar surface area (TPSA) is 59.9 Å². The van der Waals surface area contributed by atoms with Crippen molar-refractivity contribution in [1.82, 2.24) is 0 Å². The summed E-state index contributed by atoms with van der Waals surface area (Å²) in [7, 11) is 1.16. The summed E-state index contributed by atoms with van der Waals surface area (Å²) in [6.07, 6.45) is -0.0759. The predicted octanol–water partition coefficient (Wildman–Crippen LogP) is 3.43. The van der Waals surface area contributed by atoms with E-state index in [-0.39, 0.29) is 23.9 Å². The number of carbonyl (C=O) groups excluding carboxylic acids is 1. The third-order valence-electron chi connectivity index (χ3n) is 3.56. The van der Waals surface area contributed by atoms with Gasteiger partial charge < -0.3 is 14.9 Å². The fraction of sp³-hybridized carbons (Fsp3) is 0.176. The van der Waals surface area contributed by atoms with Gasteiger partial charge >= 0.3 is 0 Å². The molecule has 7 heteroatoms. The van der Waals surface area contributed by atoms with Crippen LogP contribution in [0.3, 0.4) is 0 Å². The summed E-state index contributed by atoms with van der Waals surface area (Å²) < 4.78 is 31.9. The summed E-state index contributed by atoms with van der Waals surface area (Å²) in [6, 6.07) is 11.3. The van der Waals surface area contributed by atoms with E-state index < -0.39 is 23.3 Å². The van der Waals surface area contributed by atoms with Gasteiger partial charge in [0.15, 0.2) is 23.5 Å². The third kappa shape index (κ3) is 3.19. The molecule has 1 N–H and O–H groups in total. The molecule has 1 aliphatic rings. The molecule has 0 bridgehead atoms. The van der Waals surface area contributed by atoms with Gasteiger partial charge in [0.2, 0.25) is 0 Å². The minimum atomic E-state index is -0.903. The summed E-state index contributed by atoms with van der Waals surface area (Å²) >= 11 is 0. The molecule has 0 saturated heterocycles. The highest BCUT2D eigenvalue weighted by Crippen LogP contribution is 2.28. The van der Waals surface area contributed by atoms with Gasteiger partial charge in [-0.1, -0.05) is 35.5 Å². The second kappa shape index (κ2) is 6.66. The third-order valence-corrected chi connectivity index (χ3v) is 3.56. The largest absolute Gasteiger partial charge is 0.491 e. The number of methoxy groups -OCH3 is 1. The van der Waals surface area contributed by atoms with Crippen molar-refractivity contribution in [3.8, 4) is 5.75 Å². The molecule has 24 heavy (non-hydrogen) atoms. The Labute approximate surface area is 136 Å². The van der Waals surface area contributed by atoms with Crippen LogP contribution in [0.15, 0.2) is 47.6 Å². The van der Waals surface area contributed by atoms with Crippen LogP contribution in [0.4, 0.5) is 14.5 Å². The van der Waals surface area contributed by atoms with E-state index in [9.17, 15) is 13.6 Å². The molecule has 2 aromatic rings. The first-order chi connectivity index (χ1) is 11.6. The SMILES string of the molecule is COc1c(F)cc(NC(=O)C2=NOC(c3ccccc3)C2)cc1F. The first-order valence-electron chi connectivity index (χ1n) is 7.20. The van der Waals surface area contributed by atoms with Crippen molar-refractivity contribution in [3.63, 3.8) is 0 Å². The van der Waals surface area contributed by atoms with Crippen molar-refractivity contribution in [3.05, 3.63) is 59.7 Å². The summed E-state index contributed by atoms with van der Waals surface area (Å²) in [6.45, 7) is 0. The van der Waals surface area contributed by atoms with E-state index in [4.69, 9.17) is 4.84 Å². The molecule has 1 atom stereocenters. The number of amides is 1. The number of nitrogens with one attached hydrogen (secondary N) is 1. The zero-order valence-electron chi connectivity index (χ0n) is 12.8. The van der Waals surface area contributed by atoms with Crippen LogP contribution < -0.4 is 10.1 Å². The Kier molecular flexibility index (Phi) is 4.41. The number of carbonyl (C=O) groups is 1. The van der Waals surface area contributed by atoms with E-state index in [0.29, 0.717) is 0 Å². The second-order valence-electron chi connectivity index (χ2n) is 5.17. The Morgan fingerprint density at radius 3 is 2.54 bits per heavy atom. The van der Waals surface area contributed by atoms with Gasteiger partial charge in [0.05, 0.1) is 7.11 Å². The van der Waals surface area contributed by atoms with Crippen LogP contribution in [0.5, 0.6) is 5.75 Å². The number of rotatable bonds is 4. The normalized spacial score (nSPS) is 16.3. The van der Waals surface area contributed by atoms with Gasteiger partial charge in [-0.2, -0.15) is 0 Å². The van der Waals surface area contributed by atoms with Crippen molar-refractivity contribution < 1.29 is 23.1 Å². The molecule has 5 nitrogen and oxygen atoms in total. The van der Waals surface area contributed by atoms with E-state index in [0.717, 1.165) is 24.8 Å². The van der Waals surface area contributed by atoms with Gasteiger partial charge in [0.25, 0.3) is 5.91 Å². The molecule has 1 heterocycles. The van der Waals surface area contributed by atoms with E-state index in [1.54, 1.807) is 0 Å². The van der Waals surface area contributed by atoms with Crippen molar-refractivity contribution >= 4 is 17.3 Å². The van der Waals surface area contributed by atoms with Crippen LogP contribution in [-0.2, 0) is 9.63 Å². The van der Waals surface area contributed by atoms with Crippen LogP contribution in [0.25, 0.3) is 0 Å². The lowest BCUT2D eigenvalue weighted by Crippen LogP contribution is -2.22. The highest BCUT2D eigenvalue weighted by molar-refractivity contribution is 6.43. The molecule has 1 amide bonds. The molecule has 1 unspecified atom stereocenters. The molecular formula is C17H14F2N2O3. The zero-order valence-corrected chi connectivity index (χ0v) is 12.8. The molecule has 3 rings (SSSR count). The fourth-order valence-corrected chi connectivity index (χ4v) is 2.39. The molecule has 0 aliphatic carbocycles. The Hall–Kier alpha value is -2.96. The average Bonchev–Trinajstić information content (AvgIpc) is 3.05. The number of nitrogens with zero attached hydrogens (tertiary/aromatic N) is 1. The van der Waals surface area contributed by atoms with Gasteiger partial charge in [0.1, 0.15) is 5.71 Å². The van der Waals surface area contributed by atoms with Crippen LogP contribution in [0.1, 0.15) is 18.1 Å². The summed E-state index contributed by atoms with van der Waals surface area (Å²) in [5.74, 6) is -2.88. The maximum Gasteiger partial charge on any atom is 0.273 e. The maximum absolute atomic E-state index is 13.7. The Morgan fingerprint density at radius 1 is 1.25 bits per heavy atom. The zero-order chi connectivity index (χ0) is 17.1. The lowest BCUT2D eigenvalue weighted by atomic mass is 10.0. The number of oxime groups is 1. The van der Waals surface area contributed by atoms with Crippen LogP contribution >= 0.6 is 0 Å². The smallest absolute Gasteiger partial charge is 0.273 e. The van der Waals surface area contributed by atoms with E-state index in [2.05, 4.69) is 15.2 Å². The molecular weight excluding hydrogens is 318 g/mol. The lowest BCUT2D eigenvalue weighted by molar-refractivity contribution is -0.110. The van der Waals surface area contributed by atoms with Crippen molar-refractivity contribution in [2.45, 2.75) is 12.5 Å². The maximum atomic E-state index is 13.7. The quantitative estimate of drug-likeness (QED) is 0.933. The number of benzene rings is 2. The number of anilines is 1. The van der Waals surface area contributed by atoms with Gasteiger partial charge in [-0.3, -0.25) is 4.79 Å². The average molecular weight is 332 g/mol. The number of hydrogen-bond donors (Lipinski definition) is 1. The second-order valence-corrected chi connectivity index (χ2v) is 5.17. The lowest BCUT2D eigenvalue weighted by Gasteiger charge is -2.09. The van der Waals surface area contributed by atoms with Crippen molar-refractivity contribution in [2.24, 2.45) is 5.16 Å². The molecule has 0 saturated carbocycles. The molecule has 0 aromatic heterocycles. The Morgan fingerprint density at radius 2 is 1.92 bits per heavy atom. The summed E-state index contributed by atoms with van der Waals surface area (Å²) in [5, 5.41) is 6.16. The monoisotopic (exact) mass is 332 g/mol. The molecule has 2 aromatic carbocycles. The van der Waals surface area contributed by atoms with Gasteiger partial charge in [0, 0.05) is 24.2 Å².